The molecule has 1 aromatic rings. The highest BCUT2D eigenvalue weighted by molar-refractivity contribution is 14.1. The number of hydrogen-bond acceptors (Lipinski definition) is 1. The third-order valence-corrected chi connectivity index (χ3v) is 2.56. The lowest BCUT2D eigenvalue weighted by Gasteiger charge is -1.97. The van der Waals surface area contributed by atoms with Gasteiger partial charge in [-0.2, -0.15) is 0 Å². The molecule has 0 aliphatic rings. The fraction of sp³-hybridized carbons (Fsp3) is 0.167. The van der Waals surface area contributed by atoms with Crippen LogP contribution in [0.15, 0.2) is 12.3 Å². The van der Waals surface area contributed by atoms with Crippen LogP contribution in [0, 0.1) is 3.57 Å². The van der Waals surface area contributed by atoms with Crippen LogP contribution in [0.3, 0.4) is 0 Å². The Kier molecular flexibility index (Phi) is 3.39. The summed E-state index contributed by atoms with van der Waals surface area (Å²) in [6, 6.07) is 2.00. The Hall–Kier alpha value is 0.650. The summed E-state index contributed by atoms with van der Waals surface area (Å²) in [4.78, 5) is 3.98. The Bertz CT molecular complexity index is 241. The third-order valence-electron chi connectivity index (χ3n) is 1.02. The number of halogens is 3. The third kappa shape index (κ3) is 2.07. The van der Waals surface area contributed by atoms with Gasteiger partial charge in [-0.3, -0.25) is 0 Å². The van der Waals surface area contributed by atoms with Gasteiger partial charge in [0.15, 0.2) is 0 Å². The molecule has 10 heavy (non-hydrogen) atoms. The number of rotatable bonds is 1. The topological polar surface area (TPSA) is 12.9 Å². The zero-order valence-electron chi connectivity index (χ0n) is 4.94. The van der Waals surface area contributed by atoms with Crippen LogP contribution in [-0.4, -0.2) is 4.98 Å². The molecule has 1 rings (SSSR count). The fourth-order valence-electron chi connectivity index (χ4n) is 0.558. The van der Waals surface area contributed by atoms with Crippen molar-refractivity contribution in [3.05, 3.63) is 26.5 Å². The number of nitrogens with zero attached hydrogens (tertiary/aromatic N) is 1. The molecular formula is C6H4BrClIN. The molecular weight excluding hydrogens is 328 g/mol. The lowest BCUT2D eigenvalue weighted by Crippen LogP contribution is -1.85. The van der Waals surface area contributed by atoms with Gasteiger partial charge in [-0.25, -0.2) is 4.98 Å². The zero-order chi connectivity index (χ0) is 7.56. The number of alkyl halides is 1. The van der Waals surface area contributed by atoms with Gasteiger partial charge in [-0.1, -0.05) is 27.5 Å². The predicted octanol–water partition coefficient (Wildman–Crippen LogP) is 3.23. The first-order valence-electron chi connectivity index (χ1n) is 2.60. The van der Waals surface area contributed by atoms with Crippen LogP contribution in [0.5, 0.6) is 0 Å². The standard InChI is InChI=1S/C6H4BrClIN/c7-2-4-1-5(9)3-10-6(4)8/h1,3H,2H2. The molecule has 0 radical (unpaired) electrons. The Balaban J connectivity index is 3.09. The fourth-order valence-corrected chi connectivity index (χ4v) is 1.83. The van der Waals surface area contributed by atoms with Crippen molar-refractivity contribution in [2.45, 2.75) is 5.33 Å². The molecule has 0 aliphatic heterocycles. The van der Waals surface area contributed by atoms with Crippen molar-refractivity contribution in [1.29, 1.82) is 0 Å². The molecule has 0 fully saturated rings. The van der Waals surface area contributed by atoms with Crippen LogP contribution in [0.1, 0.15) is 5.56 Å². The summed E-state index contributed by atoms with van der Waals surface area (Å²) in [7, 11) is 0. The Labute approximate surface area is 86.4 Å². The number of pyridine rings is 1. The van der Waals surface area contributed by atoms with E-state index in [9.17, 15) is 0 Å². The minimum Gasteiger partial charge on any atom is -0.243 e. The molecule has 0 saturated heterocycles. The van der Waals surface area contributed by atoms with Gasteiger partial charge in [-0.05, 0) is 28.7 Å². The SMILES string of the molecule is Clc1ncc(I)cc1CBr. The summed E-state index contributed by atoms with van der Waals surface area (Å²) < 4.78 is 1.11. The molecule has 0 atom stereocenters. The van der Waals surface area contributed by atoms with E-state index in [1.807, 2.05) is 6.07 Å². The molecule has 1 heterocycles. The highest BCUT2D eigenvalue weighted by Gasteiger charge is 1.98. The minimum absolute atomic E-state index is 0.581. The van der Waals surface area contributed by atoms with Gasteiger partial charge in [0.05, 0.1) is 0 Å². The van der Waals surface area contributed by atoms with Crippen molar-refractivity contribution < 1.29 is 0 Å². The number of aromatic nitrogens is 1. The van der Waals surface area contributed by atoms with Crippen LogP contribution in [0.25, 0.3) is 0 Å². The van der Waals surface area contributed by atoms with Crippen LogP contribution in [0.4, 0.5) is 0 Å². The first kappa shape index (κ1) is 8.74. The zero-order valence-corrected chi connectivity index (χ0v) is 9.44. The normalized spacial score (nSPS) is 9.90. The van der Waals surface area contributed by atoms with Gasteiger partial charge in [0, 0.05) is 20.7 Å². The van der Waals surface area contributed by atoms with Crippen molar-refractivity contribution in [3.8, 4) is 0 Å². The average Bonchev–Trinajstić information content (AvgIpc) is 1.94. The van der Waals surface area contributed by atoms with Crippen LogP contribution < -0.4 is 0 Å². The van der Waals surface area contributed by atoms with Gasteiger partial charge in [-0.15, -0.1) is 0 Å². The predicted molar refractivity (Wildman–Crippen MR) is 54.6 cm³/mol. The molecule has 0 aromatic carbocycles. The summed E-state index contributed by atoms with van der Waals surface area (Å²) in [5.41, 5.74) is 1.04. The monoisotopic (exact) mass is 331 g/mol. The van der Waals surface area contributed by atoms with E-state index in [1.54, 1.807) is 6.20 Å². The van der Waals surface area contributed by atoms with Crippen molar-refractivity contribution in [3.63, 3.8) is 0 Å². The minimum atomic E-state index is 0.581. The first-order valence-corrected chi connectivity index (χ1v) is 5.17. The van der Waals surface area contributed by atoms with E-state index in [2.05, 4.69) is 43.5 Å². The summed E-state index contributed by atoms with van der Waals surface area (Å²) in [5.74, 6) is 0. The lowest BCUT2D eigenvalue weighted by molar-refractivity contribution is 1.24. The Morgan fingerprint density at radius 1 is 1.70 bits per heavy atom. The second-order valence-electron chi connectivity index (χ2n) is 1.74. The maximum atomic E-state index is 5.75. The van der Waals surface area contributed by atoms with Crippen LogP contribution in [0.2, 0.25) is 5.15 Å². The first-order chi connectivity index (χ1) is 4.74. The van der Waals surface area contributed by atoms with E-state index in [0.717, 1.165) is 14.5 Å². The largest absolute Gasteiger partial charge is 0.243 e. The quantitative estimate of drug-likeness (QED) is 0.437. The molecule has 4 heteroatoms. The van der Waals surface area contributed by atoms with E-state index in [0.29, 0.717) is 5.15 Å². The molecule has 0 N–H and O–H groups in total. The van der Waals surface area contributed by atoms with Crippen molar-refractivity contribution in [1.82, 2.24) is 4.98 Å². The van der Waals surface area contributed by atoms with E-state index >= 15 is 0 Å². The van der Waals surface area contributed by atoms with Gasteiger partial charge >= 0.3 is 0 Å². The lowest BCUT2D eigenvalue weighted by atomic mass is 10.3. The van der Waals surface area contributed by atoms with Gasteiger partial charge in [0.25, 0.3) is 0 Å². The highest BCUT2D eigenvalue weighted by atomic mass is 127. The van der Waals surface area contributed by atoms with Gasteiger partial charge < -0.3 is 0 Å². The second-order valence-corrected chi connectivity index (χ2v) is 3.90. The Morgan fingerprint density at radius 3 is 2.90 bits per heavy atom. The smallest absolute Gasteiger partial charge is 0.133 e. The van der Waals surface area contributed by atoms with Crippen molar-refractivity contribution >= 4 is 50.1 Å². The Morgan fingerprint density at radius 2 is 2.40 bits per heavy atom. The van der Waals surface area contributed by atoms with Crippen LogP contribution in [-0.2, 0) is 5.33 Å². The highest BCUT2D eigenvalue weighted by Crippen LogP contribution is 2.17. The van der Waals surface area contributed by atoms with Crippen LogP contribution >= 0.6 is 50.1 Å². The molecule has 0 unspecified atom stereocenters. The molecule has 1 nitrogen and oxygen atoms in total. The summed E-state index contributed by atoms with van der Waals surface area (Å²) in [6.45, 7) is 0. The molecule has 0 saturated carbocycles. The summed E-state index contributed by atoms with van der Waals surface area (Å²) in [5, 5.41) is 1.34. The molecule has 0 aliphatic carbocycles. The summed E-state index contributed by atoms with van der Waals surface area (Å²) in [6.07, 6.45) is 1.75. The molecule has 54 valence electrons. The van der Waals surface area contributed by atoms with Crippen molar-refractivity contribution in [2.24, 2.45) is 0 Å². The maximum Gasteiger partial charge on any atom is 0.133 e. The molecule has 0 amide bonds. The number of hydrogen-bond donors (Lipinski definition) is 0. The maximum absolute atomic E-state index is 5.75. The summed E-state index contributed by atoms with van der Waals surface area (Å²) >= 11 is 11.3. The van der Waals surface area contributed by atoms with Crippen molar-refractivity contribution in [2.75, 3.05) is 0 Å². The van der Waals surface area contributed by atoms with E-state index in [-0.39, 0.29) is 0 Å². The van der Waals surface area contributed by atoms with Gasteiger partial charge in [0.2, 0.25) is 0 Å². The van der Waals surface area contributed by atoms with E-state index in [1.165, 1.54) is 0 Å². The van der Waals surface area contributed by atoms with E-state index in [4.69, 9.17) is 11.6 Å². The second kappa shape index (κ2) is 3.88. The molecule has 1 aromatic heterocycles. The van der Waals surface area contributed by atoms with Gasteiger partial charge in [0.1, 0.15) is 5.15 Å². The van der Waals surface area contributed by atoms with E-state index < -0.39 is 0 Å². The molecule has 0 bridgehead atoms. The average molecular weight is 332 g/mol. The molecule has 0 spiro atoms.